The molecule has 0 aliphatic heterocycles. The highest BCUT2D eigenvalue weighted by Crippen LogP contribution is 2.29. The van der Waals surface area contributed by atoms with Gasteiger partial charge in [-0.25, -0.2) is 4.39 Å². The molecule has 1 unspecified atom stereocenters. The number of halogens is 3. The van der Waals surface area contributed by atoms with Gasteiger partial charge in [-0.3, -0.25) is 0 Å². The molecule has 2 aromatic carbocycles. The van der Waals surface area contributed by atoms with Gasteiger partial charge in [0, 0.05) is 16.0 Å². The van der Waals surface area contributed by atoms with Crippen molar-refractivity contribution in [2.75, 3.05) is 11.9 Å². The molecule has 3 N–H and O–H groups in total. The number of nitrogens with one attached hydrogen (secondary N) is 1. The average Bonchev–Trinajstić information content (AvgIpc) is 2.41. The summed E-state index contributed by atoms with van der Waals surface area (Å²) in [6.45, 7) is 0.310. The third-order valence-corrected chi connectivity index (χ3v) is 3.61. The standard InChI is InChI=1S/C14H13BrClFN2/c15-9-5-6-11(16)10(7-9)14(8-18)19-13-4-2-1-3-12(13)17/h1-7,14,19H,8,18H2. The first-order valence-electron chi connectivity index (χ1n) is 5.78. The quantitative estimate of drug-likeness (QED) is 0.866. The molecule has 1 atom stereocenters. The van der Waals surface area contributed by atoms with Crippen LogP contribution in [0.3, 0.4) is 0 Å². The Hall–Kier alpha value is -1.10. The van der Waals surface area contributed by atoms with Crippen LogP contribution in [0.15, 0.2) is 46.9 Å². The molecule has 0 fully saturated rings. The van der Waals surface area contributed by atoms with Crippen LogP contribution in [0.4, 0.5) is 10.1 Å². The third-order valence-electron chi connectivity index (χ3n) is 2.77. The van der Waals surface area contributed by atoms with Gasteiger partial charge in [0.15, 0.2) is 0 Å². The molecule has 5 heteroatoms. The van der Waals surface area contributed by atoms with E-state index in [-0.39, 0.29) is 11.9 Å². The first kappa shape index (κ1) is 14.3. The van der Waals surface area contributed by atoms with Gasteiger partial charge in [0.2, 0.25) is 0 Å². The molecular weight excluding hydrogens is 331 g/mol. The van der Waals surface area contributed by atoms with Gasteiger partial charge in [0.1, 0.15) is 5.82 Å². The van der Waals surface area contributed by atoms with Crippen LogP contribution < -0.4 is 11.1 Å². The van der Waals surface area contributed by atoms with E-state index in [1.54, 1.807) is 24.3 Å². The lowest BCUT2D eigenvalue weighted by Gasteiger charge is -2.20. The van der Waals surface area contributed by atoms with E-state index in [2.05, 4.69) is 21.2 Å². The normalized spacial score (nSPS) is 12.2. The summed E-state index contributed by atoms with van der Waals surface area (Å²) in [7, 11) is 0. The minimum atomic E-state index is -0.313. The number of benzene rings is 2. The second-order valence-corrected chi connectivity index (χ2v) is 5.40. The monoisotopic (exact) mass is 342 g/mol. The molecule has 0 aliphatic rings. The minimum absolute atomic E-state index is 0.248. The van der Waals surface area contributed by atoms with E-state index in [0.29, 0.717) is 17.3 Å². The van der Waals surface area contributed by atoms with E-state index in [9.17, 15) is 4.39 Å². The summed E-state index contributed by atoms with van der Waals surface area (Å²) in [5, 5.41) is 3.68. The first-order valence-corrected chi connectivity index (χ1v) is 6.95. The Balaban J connectivity index is 2.30. The van der Waals surface area contributed by atoms with E-state index < -0.39 is 0 Å². The van der Waals surface area contributed by atoms with Crippen LogP contribution in [0.2, 0.25) is 5.02 Å². The van der Waals surface area contributed by atoms with E-state index in [1.807, 2.05) is 12.1 Å². The van der Waals surface area contributed by atoms with Gasteiger partial charge in [-0.15, -0.1) is 0 Å². The van der Waals surface area contributed by atoms with Gasteiger partial charge in [0.25, 0.3) is 0 Å². The van der Waals surface area contributed by atoms with Crippen molar-refractivity contribution in [1.29, 1.82) is 0 Å². The summed E-state index contributed by atoms with van der Waals surface area (Å²) in [6, 6.07) is 11.7. The fraction of sp³-hybridized carbons (Fsp3) is 0.143. The fourth-order valence-electron chi connectivity index (χ4n) is 1.81. The zero-order valence-electron chi connectivity index (χ0n) is 10.0. The second-order valence-electron chi connectivity index (χ2n) is 4.08. The van der Waals surface area contributed by atoms with E-state index in [4.69, 9.17) is 17.3 Å². The summed E-state index contributed by atoms with van der Waals surface area (Å²) in [4.78, 5) is 0. The molecule has 0 bridgehead atoms. The molecule has 19 heavy (non-hydrogen) atoms. The molecule has 2 nitrogen and oxygen atoms in total. The van der Waals surface area contributed by atoms with Crippen molar-refractivity contribution in [2.24, 2.45) is 5.73 Å². The lowest BCUT2D eigenvalue weighted by molar-refractivity contribution is 0.626. The predicted octanol–water partition coefficient (Wildman–Crippen LogP) is 4.35. The Morgan fingerprint density at radius 1 is 1.26 bits per heavy atom. The van der Waals surface area contributed by atoms with Crippen molar-refractivity contribution in [3.8, 4) is 0 Å². The smallest absolute Gasteiger partial charge is 0.146 e. The van der Waals surface area contributed by atoms with Gasteiger partial charge in [-0.05, 0) is 35.9 Å². The molecule has 100 valence electrons. The average molecular weight is 344 g/mol. The van der Waals surface area contributed by atoms with Crippen molar-refractivity contribution in [3.05, 3.63) is 63.3 Å². The maximum Gasteiger partial charge on any atom is 0.146 e. The molecule has 2 aromatic rings. The molecule has 0 saturated heterocycles. The highest BCUT2D eigenvalue weighted by atomic mass is 79.9. The maximum atomic E-state index is 13.6. The van der Waals surface area contributed by atoms with Gasteiger partial charge in [0.05, 0.1) is 11.7 Å². The van der Waals surface area contributed by atoms with Crippen molar-refractivity contribution in [1.82, 2.24) is 0 Å². The van der Waals surface area contributed by atoms with Gasteiger partial charge >= 0.3 is 0 Å². The molecule has 0 amide bonds. The van der Waals surface area contributed by atoms with Crippen molar-refractivity contribution < 1.29 is 4.39 Å². The summed E-state index contributed by atoms with van der Waals surface area (Å²) in [5.41, 5.74) is 7.01. The van der Waals surface area contributed by atoms with E-state index in [0.717, 1.165) is 10.0 Å². The molecule has 2 rings (SSSR count). The zero-order valence-corrected chi connectivity index (χ0v) is 12.4. The number of hydrogen-bond donors (Lipinski definition) is 2. The summed E-state index contributed by atoms with van der Waals surface area (Å²) >= 11 is 9.56. The number of hydrogen-bond acceptors (Lipinski definition) is 2. The Kier molecular flexibility index (Phi) is 4.80. The van der Waals surface area contributed by atoms with E-state index >= 15 is 0 Å². The topological polar surface area (TPSA) is 38.0 Å². The molecule has 0 heterocycles. The van der Waals surface area contributed by atoms with Crippen LogP contribution in [-0.4, -0.2) is 6.54 Å². The first-order chi connectivity index (χ1) is 9.11. The van der Waals surface area contributed by atoms with Crippen LogP contribution in [-0.2, 0) is 0 Å². The van der Waals surface area contributed by atoms with E-state index in [1.165, 1.54) is 6.07 Å². The van der Waals surface area contributed by atoms with Crippen LogP contribution in [0.25, 0.3) is 0 Å². The molecule has 0 aliphatic carbocycles. The molecular formula is C14H13BrClFN2. The number of nitrogens with two attached hydrogens (primary N) is 1. The van der Waals surface area contributed by atoms with Gasteiger partial charge in [-0.2, -0.15) is 0 Å². The van der Waals surface area contributed by atoms with Crippen LogP contribution in [0.1, 0.15) is 11.6 Å². The Labute approximate surface area is 124 Å². The maximum absolute atomic E-state index is 13.6. The van der Waals surface area contributed by atoms with Gasteiger partial charge in [-0.1, -0.05) is 39.7 Å². The highest BCUT2D eigenvalue weighted by Gasteiger charge is 2.15. The molecule has 0 radical (unpaired) electrons. The number of anilines is 1. The number of para-hydroxylation sites is 1. The van der Waals surface area contributed by atoms with Crippen molar-refractivity contribution >= 4 is 33.2 Å². The predicted molar refractivity (Wildman–Crippen MR) is 81.0 cm³/mol. The van der Waals surface area contributed by atoms with Crippen LogP contribution in [0.5, 0.6) is 0 Å². The summed E-state index contributed by atoms with van der Waals surface area (Å²) < 4.78 is 14.5. The molecule has 0 spiro atoms. The summed E-state index contributed by atoms with van der Waals surface area (Å²) in [6.07, 6.45) is 0. The second kappa shape index (κ2) is 6.37. The van der Waals surface area contributed by atoms with Crippen LogP contribution >= 0.6 is 27.5 Å². The largest absolute Gasteiger partial charge is 0.375 e. The highest BCUT2D eigenvalue weighted by molar-refractivity contribution is 9.10. The Morgan fingerprint density at radius 2 is 2.00 bits per heavy atom. The van der Waals surface area contributed by atoms with Crippen molar-refractivity contribution in [3.63, 3.8) is 0 Å². The van der Waals surface area contributed by atoms with Crippen molar-refractivity contribution in [2.45, 2.75) is 6.04 Å². The van der Waals surface area contributed by atoms with Crippen LogP contribution in [0, 0.1) is 5.82 Å². The van der Waals surface area contributed by atoms with Gasteiger partial charge < -0.3 is 11.1 Å². The Bertz CT molecular complexity index is 577. The SMILES string of the molecule is NCC(Nc1ccccc1F)c1cc(Br)ccc1Cl. The zero-order chi connectivity index (χ0) is 13.8. The number of rotatable bonds is 4. The lowest BCUT2D eigenvalue weighted by atomic mass is 10.1. The fourth-order valence-corrected chi connectivity index (χ4v) is 2.44. The Morgan fingerprint density at radius 3 is 2.68 bits per heavy atom. The third kappa shape index (κ3) is 3.47. The summed E-state index contributed by atoms with van der Waals surface area (Å²) in [5.74, 6) is -0.313. The minimum Gasteiger partial charge on any atom is -0.375 e. The molecule has 0 saturated carbocycles. The molecule has 0 aromatic heterocycles. The lowest BCUT2D eigenvalue weighted by Crippen LogP contribution is -2.21.